The number of nitrogens with zero attached hydrogens (tertiary/aromatic N) is 2. The summed E-state index contributed by atoms with van der Waals surface area (Å²) < 4.78 is 5.42. The summed E-state index contributed by atoms with van der Waals surface area (Å²) in [6.07, 6.45) is 1.98. The molecule has 0 aromatic carbocycles. The van der Waals surface area contributed by atoms with E-state index in [0.29, 0.717) is 12.2 Å². The molecule has 1 saturated heterocycles. The highest BCUT2D eigenvalue weighted by atomic mass is 16.6. The standard InChI is InChI=1S/C14H22N4O2/c1-14(2,3)17-13(19)20-11-6-7-18(9-11)12-5-4-10(15)8-16-12/h4-5,8,11H,6-7,9,15H2,1-3H3,(H,17,19). The fraction of sp³-hybridized carbons (Fsp3) is 0.571. The molecule has 0 bridgehead atoms. The lowest BCUT2D eigenvalue weighted by Crippen LogP contribution is -2.42. The molecule has 1 unspecified atom stereocenters. The van der Waals surface area contributed by atoms with E-state index in [9.17, 15) is 4.79 Å². The molecule has 1 aromatic heterocycles. The molecule has 3 N–H and O–H groups in total. The SMILES string of the molecule is CC(C)(C)NC(=O)OC1CCN(c2ccc(N)cn2)C1. The van der Waals surface area contributed by atoms with Crippen molar-refractivity contribution in [1.82, 2.24) is 10.3 Å². The number of nitrogens with one attached hydrogen (secondary N) is 1. The van der Waals surface area contributed by atoms with Crippen LogP contribution in [0.5, 0.6) is 0 Å². The van der Waals surface area contributed by atoms with E-state index in [4.69, 9.17) is 10.5 Å². The molecule has 6 heteroatoms. The number of alkyl carbamates (subject to hydrolysis) is 1. The van der Waals surface area contributed by atoms with Crippen molar-refractivity contribution in [3.8, 4) is 0 Å². The van der Waals surface area contributed by atoms with E-state index >= 15 is 0 Å². The molecule has 1 amide bonds. The first-order valence-corrected chi connectivity index (χ1v) is 6.79. The second-order valence-corrected chi connectivity index (χ2v) is 6.09. The van der Waals surface area contributed by atoms with Crippen LogP contribution < -0.4 is 16.0 Å². The van der Waals surface area contributed by atoms with Crippen LogP contribution in [0.3, 0.4) is 0 Å². The van der Waals surface area contributed by atoms with Gasteiger partial charge in [0.1, 0.15) is 11.9 Å². The van der Waals surface area contributed by atoms with Crippen molar-refractivity contribution in [1.29, 1.82) is 0 Å². The van der Waals surface area contributed by atoms with Crippen LogP contribution in [0.1, 0.15) is 27.2 Å². The van der Waals surface area contributed by atoms with E-state index in [0.717, 1.165) is 18.8 Å². The maximum atomic E-state index is 11.7. The molecule has 2 rings (SSSR count). The van der Waals surface area contributed by atoms with Crippen molar-refractivity contribution in [3.05, 3.63) is 18.3 Å². The van der Waals surface area contributed by atoms with Crippen LogP contribution in [-0.2, 0) is 4.74 Å². The molecule has 110 valence electrons. The van der Waals surface area contributed by atoms with Gasteiger partial charge in [0, 0.05) is 18.5 Å². The summed E-state index contributed by atoms with van der Waals surface area (Å²) in [5.41, 5.74) is 5.98. The van der Waals surface area contributed by atoms with Crippen LogP contribution in [0.15, 0.2) is 18.3 Å². The van der Waals surface area contributed by atoms with Crippen LogP contribution >= 0.6 is 0 Å². The highest BCUT2D eigenvalue weighted by molar-refractivity contribution is 5.68. The summed E-state index contributed by atoms with van der Waals surface area (Å²) in [4.78, 5) is 18.1. The van der Waals surface area contributed by atoms with Gasteiger partial charge in [0.15, 0.2) is 0 Å². The normalized spacial score (nSPS) is 18.9. The molecule has 6 nitrogen and oxygen atoms in total. The Morgan fingerprint density at radius 1 is 1.50 bits per heavy atom. The van der Waals surface area contributed by atoms with Gasteiger partial charge in [-0.2, -0.15) is 0 Å². The number of nitrogen functional groups attached to an aromatic ring is 1. The molecule has 0 spiro atoms. The first-order chi connectivity index (χ1) is 9.33. The van der Waals surface area contributed by atoms with Crippen molar-refractivity contribution in [3.63, 3.8) is 0 Å². The number of nitrogens with two attached hydrogens (primary N) is 1. The Labute approximate surface area is 119 Å². The third kappa shape index (κ3) is 4.01. The van der Waals surface area contributed by atoms with Gasteiger partial charge in [0.25, 0.3) is 0 Å². The average Bonchev–Trinajstić information content (AvgIpc) is 2.75. The summed E-state index contributed by atoms with van der Waals surface area (Å²) in [6.45, 7) is 7.26. The van der Waals surface area contributed by atoms with Crippen molar-refractivity contribution < 1.29 is 9.53 Å². The molecule has 1 atom stereocenters. The Hall–Kier alpha value is -1.98. The number of hydrogen-bond donors (Lipinski definition) is 2. The Kier molecular flexibility index (Phi) is 4.01. The van der Waals surface area contributed by atoms with Crippen LogP contribution in [0, 0.1) is 0 Å². The fourth-order valence-corrected chi connectivity index (χ4v) is 2.10. The zero-order valence-corrected chi connectivity index (χ0v) is 12.2. The average molecular weight is 278 g/mol. The van der Waals surface area contributed by atoms with Crippen LogP contribution in [0.4, 0.5) is 16.3 Å². The minimum atomic E-state index is -0.366. The molecule has 1 fully saturated rings. The van der Waals surface area contributed by atoms with Gasteiger partial charge in [-0.15, -0.1) is 0 Å². The molecular weight excluding hydrogens is 256 g/mol. The Bertz CT molecular complexity index is 467. The largest absolute Gasteiger partial charge is 0.444 e. The van der Waals surface area contributed by atoms with Gasteiger partial charge in [-0.3, -0.25) is 0 Å². The smallest absolute Gasteiger partial charge is 0.407 e. The summed E-state index contributed by atoms with van der Waals surface area (Å²) in [5.74, 6) is 0.863. The van der Waals surface area contributed by atoms with Crippen LogP contribution in [0.25, 0.3) is 0 Å². The lowest BCUT2D eigenvalue weighted by Gasteiger charge is -2.22. The molecule has 1 aliphatic rings. The number of rotatable bonds is 2. The van der Waals surface area contributed by atoms with E-state index in [-0.39, 0.29) is 17.7 Å². The minimum absolute atomic E-state index is 0.100. The van der Waals surface area contributed by atoms with Crippen LogP contribution in [-0.4, -0.2) is 35.8 Å². The third-order valence-electron chi connectivity index (χ3n) is 2.99. The number of aromatic nitrogens is 1. The van der Waals surface area contributed by atoms with Gasteiger partial charge >= 0.3 is 6.09 Å². The summed E-state index contributed by atoms with van der Waals surface area (Å²) >= 11 is 0. The molecule has 0 saturated carbocycles. The molecule has 1 aromatic rings. The van der Waals surface area contributed by atoms with Crippen molar-refractivity contribution in [2.75, 3.05) is 23.7 Å². The monoisotopic (exact) mass is 278 g/mol. The van der Waals surface area contributed by atoms with Gasteiger partial charge in [-0.05, 0) is 32.9 Å². The number of pyridine rings is 1. The lowest BCUT2D eigenvalue weighted by molar-refractivity contribution is 0.101. The zero-order chi connectivity index (χ0) is 14.8. The molecule has 20 heavy (non-hydrogen) atoms. The predicted octanol–water partition coefficient (Wildman–Crippen LogP) is 1.77. The van der Waals surface area contributed by atoms with Gasteiger partial charge in [0.2, 0.25) is 0 Å². The van der Waals surface area contributed by atoms with E-state index in [1.807, 2.05) is 32.9 Å². The predicted molar refractivity (Wildman–Crippen MR) is 78.6 cm³/mol. The van der Waals surface area contributed by atoms with Crippen LogP contribution in [0.2, 0.25) is 0 Å². The van der Waals surface area contributed by atoms with Crippen molar-refractivity contribution in [2.24, 2.45) is 0 Å². The molecule has 0 radical (unpaired) electrons. The number of hydrogen-bond acceptors (Lipinski definition) is 5. The number of ether oxygens (including phenoxy) is 1. The lowest BCUT2D eigenvalue weighted by atomic mass is 10.1. The number of amides is 1. The fourth-order valence-electron chi connectivity index (χ4n) is 2.10. The van der Waals surface area contributed by atoms with E-state index < -0.39 is 0 Å². The van der Waals surface area contributed by atoms with Gasteiger partial charge in [-0.1, -0.05) is 0 Å². The maximum absolute atomic E-state index is 11.7. The number of carbonyl (C=O) groups excluding carboxylic acids is 1. The Morgan fingerprint density at radius 2 is 2.25 bits per heavy atom. The van der Waals surface area contributed by atoms with E-state index in [1.54, 1.807) is 6.20 Å². The Morgan fingerprint density at radius 3 is 2.85 bits per heavy atom. The van der Waals surface area contributed by atoms with Gasteiger partial charge < -0.3 is 20.7 Å². The molecular formula is C14H22N4O2. The first-order valence-electron chi connectivity index (χ1n) is 6.79. The van der Waals surface area contributed by atoms with Crippen molar-refractivity contribution >= 4 is 17.6 Å². The van der Waals surface area contributed by atoms with Gasteiger partial charge in [-0.25, -0.2) is 9.78 Å². The first kappa shape index (κ1) is 14.4. The molecule has 2 heterocycles. The minimum Gasteiger partial charge on any atom is -0.444 e. The van der Waals surface area contributed by atoms with E-state index in [2.05, 4.69) is 15.2 Å². The highest BCUT2D eigenvalue weighted by Gasteiger charge is 2.27. The summed E-state index contributed by atoms with van der Waals surface area (Å²) in [7, 11) is 0. The summed E-state index contributed by atoms with van der Waals surface area (Å²) in [6, 6.07) is 3.70. The molecule has 0 aliphatic carbocycles. The van der Waals surface area contributed by atoms with E-state index in [1.165, 1.54) is 0 Å². The quantitative estimate of drug-likeness (QED) is 0.861. The third-order valence-corrected chi connectivity index (χ3v) is 2.99. The zero-order valence-electron chi connectivity index (χ0n) is 12.2. The topological polar surface area (TPSA) is 80.5 Å². The second kappa shape index (κ2) is 5.56. The maximum Gasteiger partial charge on any atom is 0.407 e. The second-order valence-electron chi connectivity index (χ2n) is 6.09. The number of anilines is 2. The number of carbonyl (C=O) groups is 1. The Balaban J connectivity index is 1.86. The summed E-state index contributed by atoms with van der Waals surface area (Å²) in [5, 5.41) is 2.80. The molecule has 1 aliphatic heterocycles. The van der Waals surface area contributed by atoms with Crippen molar-refractivity contribution in [2.45, 2.75) is 38.8 Å². The van der Waals surface area contributed by atoms with Gasteiger partial charge in [0.05, 0.1) is 18.4 Å². The highest BCUT2D eigenvalue weighted by Crippen LogP contribution is 2.20.